The highest BCUT2D eigenvalue weighted by Crippen LogP contribution is 2.24. The summed E-state index contributed by atoms with van der Waals surface area (Å²) >= 11 is 0. The Morgan fingerprint density at radius 2 is 1.61 bits per heavy atom. The quantitative estimate of drug-likeness (QED) is 0.384. The predicted molar refractivity (Wildman–Crippen MR) is 63.9 cm³/mol. The summed E-state index contributed by atoms with van der Waals surface area (Å²) < 4.78 is 5.37. The van der Waals surface area contributed by atoms with Gasteiger partial charge in [0.2, 0.25) is 0 Å². The smallest absolute Gasteiger partial charge is 0.111 e. The molecule has 108 valence electrons. The number of hydrogen-bond donors (Lipinski definition) is 5. The van der Waals surface area contributed by atoms with Gasteiger partial charge in [0.15, 0.2) is 0 Å². The third kappa shape index (κ3) is 4.15. The molecule has 0 saturated carbocycles. The minimum atomic E-state index is -1.29. The summed E-state index contributed by atoms with van der Waals surface area (Å²) in [6, 6.07) is 0. The minimum absolute atomic E-state index is 0.347. The average molecular weight is 264 g/mol. The van der Waals surface area contributed by atoms with Gasteiger partial charge < -0.3 is 30.3 Å². The molecule has 1 aliphatic rings. The molecule has 0 aromatic heterocycles. The van der Waals surface area contributed by atoms with Crippen molar-refractivity contribution in [2.24, 2.45) is 0 Å². The van der Waals surface area contributed by atoms with Gasteiger partial charge >= 0.3 is 0 Å². The summed E-state index contributed by atoms with van der Waals surface area (Å²) in [4.78, 5) is 0. The molecule has 0 amide bonds. The van der Waals surface area contributed by atoms with Crippen LogP contribution in [0.3, 0.4) is 0 Å². The van der Waals surface area contributed by atoms with Crippen LogP contribution in [0.4, 0.5) is 0 Å². The molecule has 0 aliphatic carbocycles. The van der Waals surface area contributed by atoms with Gasteiger partial charge in [0.25, 0.3) is 0 Å². The van der Waals surface area contributed by atoms with Crippen molar-refractivity contribution in [3.05, 3.63) is 0 Å². The molecule has 0 aromatic carbocycles. The van der Waals surface area contributed by atoms with E-state index >= 15 is 0 Å². The van der Waals surface area contributed by atoms with Crippen LogP contribution in [0.5, 0.6) is 0 Å². The Kier molecular flexibility index (Phi) is 6.48. The van der Waals surface area contributed by atoms with E-state index in [-0.39, 0.29) is 6.10 Å². The van der Waals surface area contributed by atoms with Crippen LogP contribution in [0.15, 0.2) is 0 Å². The van der Waals surface area contributed by atoms with E-state index in [0.717, 1.165) is 12.8 Å². The maximum atomic E-state index is 9.76. The number of rotatable bonds is 6. The van der Waals surface area contributed by atoms with E-state index < -0.39 is 37.1 Å². The van der Waals surface area contributed by atoms with Crippen molar-refractivity contribution in [3.63, 3.8) is 0 Å². The molecule has 1 fully saturated rings. The zero-order valence-corrected chi connectivity index (χ0v) is 10.6. The Bertz CT molecular complexity index is 233. The van der Waals surface area contributed by atoms with Crippen molar-refractivity contribution in [3.8, 4) is 0 Å². The molecule has 1 aliphatic heterocycles. The molecule has 6 unspecified atom stereocenters. The SMILES string of the molecule is CC(O)CCCCC1OC(CO)C(O)C(O)C1O. The first-order chi connectivity index (χ1) is 8.47. The molecule has 1 saturated heterocycles. The fourth-order valence-electron chi connectivity index (χ4n) is 2.20. The first kappa shape index (κ1) is 15.8. The van der Waals surface area contributed by atoms with Gasteiger partial charge in [-0.05, 0) is 19.8 Å². The first-order valence-corrected chi connectivity index (χ1v) is 6.46. The molecule has 1 heterocycles. The van der Waals surface area contributed by atoms with Gasteiger partial charge in [-0.15, -0.1) is 0 Å². The summed E-state index contributed by atoms with van der Waals surface area (Å²) in [5, 5.41) is 47.1. The van der Waals surface area contributed by atoms with Gasteiger partial charge in [-0.2, -0.15) is 0 Å². The van der Waals surface area contributed by atoms with Crippen molar-refractivity contribution >= 4 is 0 Å². The van der Waals surface area contributed by atoms with Crippen LogP contribution in [0.1, 0.15) is 32.6 Å². The van der Waals surface area contributed by atoms with Crippen LogP contribution in [0.2, 0.25) is 0 Å². The molecule has 6 atom stereocenters. The van der Waals surface area contributed by atoms with Crippen LogP contribution < -0.4 is 0 Å². The lowest BCUT2D eigenvalue weighted by Gasteiger charge is -2.40. The zero-order chi connectivity index (χ0) is 13.7. The van der Waals surface area contributed by atoms with Crippen molar-refractivity contribution in [2.45, 2.75) is 69.2 Å². The Hall–Kier alpha value is -0.240. The van der Waals surface area contributed by atoms with Gasteiger partial charge in [-0.3, -0.25) is 0 Å². The van der Waals surface area contributed by atoms with E-state index in [0.29, 0.717) is 12.8 Å². The Morgan fingerprint density at radius 1 is 1.00 bits per heavy atom. The third-order valence-electron chi connectivity index (χ3n) is 3.35. The Balaban J connectivity index is 2.39. The van der Waals surface area contributed by atoms with Gasteiger partial charge in [-0.25, -0.2) is 0 Å². The standard InChI is InChI=1S/C12H24O6/c1-7(14)4-2-3-5-8-10(15)12(17)11(16)9(6-13)18-8/h7-17H,2-6H2,1H3. The van der Waals surface area contributed by atoms with Crippen molar-refractivity contribution in [2.75, 3.05) is 6.61 Å². The van der Waals surface area contributed by atoms with E-state index in [1.54, 1.807) is 6.92 Å². The number of hydrogen-bond acceptors (Lipinski definition) is 6. The number of unbranched alkanes of at least 4 members (excludes halogenated alkanes) is 1. The second kappa shape index (κ2) is 7.37. The van der Waals surface area contributed by atoms with Crippen molar-refractivity contribution < 1.29 is 30.3 Å². The second-order valence-electron chi connectivity index (χ2n) is 5.00. The summed E-state index contributed by atoms with van der Waals surface area (Å²) in [7, 11) is 0. The summed E-state index contributed by atoms with van der Waals surface area (Å²) in [5.41, 5.74) is 0. The number of aliphatic hydroxyl groups is 5. The van der Waals surface area contributed by atoms with Gasteiger partial charge in [0.05, 0.1) is 18.8 Å². The fourth-order valence-corrected chi connectivity index (χ4v) is 2.20. The third-order valence-corrected chi connectivity index (χ3v) is 3.35. The lowest BCUT2D eigenvalue weighted by Crippen LogP contribution is -2.58. The van der Waals surface area contributed by atoms with Crippen LogP contribution in [-0.4, -0.2) is 68.8 Å². The molecular weight excluding hydrogens is 240 g/mol. The van der Waals surface area contributed by atoms with Gasteiger partial charge in [-0.1, -0.05) is 12.8 Å². The predicted octanol–water partition coefficient (Wildman–Crippen LogP) is -1.23. The maximum absolute atomic E-state index is 9.76. The van der Waals surface area contributed by atoms with Crippen LogP contribution >= 0.6 is 0 Å². The lowest BCUT2D eigenvalue weighted by atomic mass is 9.92. The topological polar surface area (TPSA) is 110 Å². The van der Waals surface area contributed by atoms with Crippen molar-refractivity contribution in [1.29, 1.82) is 0 Å². The molecule has 0 bridgehead atoms. The van der Waals surface area contributed by atoms with E-state index in [4.69, 9.17) is 14.9 Å². The number of aliphatic hydroxyl groups excluding tert-OH is 5. The van der Waals surface area contributed by atoms with Gasteiger partial charge in [0.1, 0.15) is 24.4 Å². The first-order valence-electron chi connectivity index (χ1n) is 6.46. The molecule has 0 spiro atoms. The average Bonchev–Trinajstić information content (AvgIpc) is 2.34. The molecule has 1 rings (SSSR count). The van der Waals surface area contributed by atoms with E-state index in [9.17, 15) is 15.3 Å². The Morgan fingerprint density at radius 3 is 2.17 bits per heavy atom. The highest BCUT2D eigenvalue weighted by atomic mass is 16.5. The van der Waals surface area contributed by atoms with E-state index in [2.05, 4.69) is 0 Å². The highest BCUT2D eigenvalue weighted by Gasteiger charge is 2.42. The summed E-state index contributed by atoms with van der Waals surface area (Å²) in [6.45, 7) is 1.32. The van der Waals surface area contributed by atoms with Crippen LogP contribution in [0.25, 0.3) is 0 Å². The maximum Gasteiger partial charge on any atom is 0.111 e. The lowest BCUT2D eigenvalue weighted by molar-refractivity contribution is -0.230. The summed E-state index contributed by atoms with van der Waals surface area (Å²) in [5.74, 6) is 0. The molecule has 0 radical (unpaired) electrons. The summed E-state index contributed by atoms with van der Waals surface area (Å²) in [6.07, 6.45) is -2.75. The minimum Gasteiger partial charge on any atom is -0.394 e. The largest absolute Gasteiger partial charge is 0.394 e. The molecule has 6 nitrogen and oxygen atoms in total. The Labute approximate surface area is 107 Å². The van der Waals surface area contributed by atoms with E-state index in [1.807, 2.05) is 0 Å². The molecule has 18 heavy (non-hydrogen) atoms. The zero-order valence-electron chi connectivity index (χ0n) is 10.6. The highest BCUT2D eigenvalue weighted by molar-refractivity contribution is 4.91. The van der Waals surface area contributed by atoms with Crippen LogP contribution in [0, 0.1) is 0 Å². The monoisotopic (exact) mass is 264 g/mol. The molecule has 0 aromatic rings. The molecule has 6 heteroatoms. The fraction of sp³-hybridized carbons (Fsp3) is 1.00. The molecular formula is C12H24O6. The molecule has 5 N–H and O–H groups in total. The number of ether oxygens (including phenoxy) is 1. The van der Waals surface area contributed by atoms with Gasteiger partial charge in [0, 0.05) is 0 Å². The van der Waals surface area contributed by atoms with Crippen molar-refractivity contribution in [1.82, 2.24) is 0 Å². The van der Waals surface area contributed by atoms with Crippen LogP contribution in [-0.2, 0) is 4.74 Å². The normalized spacial score (nSPS) is 38.7. The second-order valence-corrected chi connectivity index (χ2v) is 5.00. The van der Waals surface area contributed by atoms with E-state index in [1.165, 1.54) is 0 Å².